The van der Waals surface area contributed by atoms with Crippen molar-refractivity contribution in [1.82, 2.24) is 0 Å². The number of carbonyl (C=O) groups excluding carboxylic acids is 2. The minimum atomic E-state index is -3.89. The van der Waals surface area contributed by atoms with E-state index in [1.54, 1.807) is 37.3 Å². The molecule has 0 saturated carbocycles. The normalized spacial score (nSPS) is 14.1. The molecule has 22 heavy (non-hydrogen) atoms. The zero-order valence-corrected chi connectivity index (χ0v) is 13.9. The molecule has 1 aromatic rings. The Kier molecular flexibility index (Phi) is 6.94. The van der Waals surface area contributed by atoms with Crippen LogP contribution in [0.15, 0.2) is 30.3 Å². The Balaban J connectivity index is 3.59. The van der Waals surface area contributed by atoms with E-state index in [1.165, 1.54) is 14.2 Å². The number of ether oxygens (including phenoxy) is 1. The maximum absolute atomic E-state index is 13.1. The van der Waals surface area contributed by atoms with Crippen molar-refractivity contribution in [2.24, 2.45) is 0 Å². The van der Waals surface area contributed by atoms with Crippen LogP contribution in [0.25, 0.3) is 0 Å². The summed E-state index contributed by atoms with van der Waals surface area (Å²) in [5, 5.41) is -1.67. The molecule has 0 amide bonds. The van der Waals surface area contributed by atoms with E-state index in [1.807, 2.05) is 0 Å². The Morgan fingerprint density at radius 3 is 2.27 bits per heavy atom. The van der Waals surface area contributed by atoms with Gasteiger partial charge in [0, 0.05) is 20.6 Å². The quantitative estimate of drug-likeness (QED) is 0.394. The number of aldehydes is 1. The lowest BCUT2D eigenvalue weighted by Gasteiger charge is -2.35. The van der Waals surface area contributed by atoms with Crippen molar-refractivity contribution in [3.63, 3.8) is 0 Å². The highest BCUT2D eigenvalue weighted by Gasteiger charge is 2.58. The summed E-state index contributed by atoms with van der Waals surface area (Å²) in [7, 11) is -1.47. The van der Waals surface area contributed by atoms with Gasteiger partial charge in [0.05, 0.1) is 6.61 Å². The molecule has 0 fully saturated rings. The van der Waals surface area contributed by atoms with Gasteiger partial charge in [0.1, 0.15) is 6.29 Å². The lowest BCUT2D eigenvalue weighted by molar-refractivity contribution is -0.147. The highest BCUT2D eigenvalue weighted by molar-refractivity contribution is 7.56. The summed E-state index contributed by atoms with van der Waals surface area (Å²) in [6.45, 7) is 1.76. The predicted octanol–water partition coefficient (Wildman–Crippen LogP) is 2.91. The SMILES string of the molecule is CCOC(=O)C(CCC=O)(c1ccccc1)P(=O)(OC)OC. The summed E-state index contributed by atoms with van der Waals surface area (Å²) in [6.07, 6.45) is 0.648. The molecule has 1 unspecified atom stereocenters. The molecule has 0 aliphatic carbocycles. The van der Waals surface area contributed by atoms with Gasteiger partial charge in [-0.05, 0) is 18.9 Å². The van der Waals surface area contributed by atoms with Crippen molar-refractivity contribution in [1.29, 1.82) is 0 Å². The Hall–Kier alpha value is -1.49. The van der Waals surface area contributed by atoms with E-state index in [0.29, 0.717) is 11.8 Å². The van der Waals surface area contributed by atoms with Gasteiger partial charge in [-0.1, -0.05) is 30.3 Å². The Morgan fingerprint density at radius 1 is 1.23 bits per heavy atom. The van der Waals surface area contributed by atoms with Gasteiger partial charge in [-0.3, -0.25) is 9.36 Å². The standard InChI is InChI=1S/C15H21O6P/c1-4-21-14(17)15(11-8-12-16,22(18,19-2)20-3)13-9-6-5-7-10-13/h5-7,9-10,12H,4,8,11H2,1-3H3. The van der Waals surface area contributed by atoms with Gasteiger partial charge in [-0.25, -0.2) is 0 Å². The molecule has 0 aliphatic rings. The Bertz CT molecular complexity index is 536. The number of hydrogen-bond donors (Lipinski definition) is 0. The van der Waals surface area contributed by atoms with Gasteiger partial charge in [-0.2, -0.15) is 0 Å². The molecule has 0 bridgehead atoms. The van der Waals surface area contributed by atoms with Crippen LogP contribution in [-0.2, 0) is 33.1 Å². The zero-order valence-electron chi connectivity index (χ0n) is 13.0. The van der Waals surface area contributed by atoms with E-state index in [0.717, 1.165) is 0 Å². The van der Waals surface area contributed by atoms with Gasteiger partial charge in [0.2, 0.25) is 0 Å². The molecule has 7 heteroatoms. The Morgan fingerprint density at radius 2 is 1.82 bits per heavy atom. The summed E-state index contributed by atoms with van der Waals surface area (Å²) >= 11 is 0. The highest BCUT2D eigenvalue weighted by atomic mass is 31.2. The average molecular weight is 328 g/mol. The second kappa shape index (κ2) is 8.22. The molecule has 122 valence electrons. The maximum Gasteiger partial charge on any atom is 0.351 e. The molecule has 0 radical (unpaired) electrons. The molecule has 0 spiro atoms. The predicted molar refractivity (Wildman–Crippen MR) is 81.7 cm³/mol. The van der Waals surface area contributed by atoms with E-state index >= 15 is 0 Å². The molecule has 0 aromatic heterocycles. The van der Waals surface area contributed by atoms with E-state index in [-0.39, 0.29) is 19.4 Å². The first-order valence-corrected chi connectivity index (χ1v) is 8.44. The third-order valence-corrected chi connectivity index (χ3v) is 6.00. The molecular weight excluding hydrogens is 307 g/mol. The van der Waals surface area contributed by atoms with Crippen LogP contribution in [0.5, 0.6) is 0 Å². The van der Waals surface area contributed by atoms with Gasteiger partial charge < -0.3 is 18.6 Å². The topological polar surface area (TPSA) is 78.9 Å². The molecule has 0 heterocycles. The molecule has 0 aliphatic heterocycles. The van der Waals surface area contributed by atoms with Gasteiger partial charge in [0.15, 0.2) is 5.16 Å². The zero-order chi connectivity index (χ0) is 16.6. The summed E-state index contributed by atoms with van der Waals surface area (Å²) < 4.78 is 28.4. The van der Waals surface area contributed by atoms with E-state index in [4.69, 9.17) is 13.8 Å². The smallest absolute Gasteiger partial charge is 0.351 e. The molecule has 1 atom stereocenters. The fraction of sp³-hybridized carbons (Fsp3) is 0.467. The lowest BCUT2D eigenvalue weighted by Crippen LogP contribution is -2.38. The third-order valence-electron chi connectivity index (χ3n) is 3.44. The Labute approximate surface area is 130 Å². The first kappa shape index (κ1) is 18.6. The van der Waals surface area contributed by atoms with E-state index in [9.17, 15) is 14.2 Å². The summed E-state index contributed by atoms with van der Waals surface area (Å²) in [5.74, 6) is -0.727. The van der Waals surface area contributed by atoms with Crippen LogP contribution in [0.1, 0.15) is 25.3 Å². The fourth-order valence-corrected chi connectivity index (χ4v) is 4.32. The molecule has 6 nitrogen and oxygen atoms in total. The average Bonchev–Trinajstić information content (AvgIpc) is 2.56. The van der Waals surface area contributed by atoms with Crippen molar-refractivity contribution < 1.29 is 27.9 Å². The van der Waals surface area contributed by atoms with Crippen molar-refractivity contribution in [3.8, 4) is 0 Å². The molecule has 0 saturated heterocycles. The largest absolute Gasteiger partial charge is 0.465 e. The van der Waals surface area contributed by atoms with E-state index in [2.05, 4.69) is 0 Å². The van der Waals surface area contributed by atoms with Gasteiger partial charge in [0.25, 0.3) is 0 Å². The van der Waals surface area contributed by atoms with Crippen molar-refractivity contribution >= 4 is 19.9 Å². The second-order valence-electron chi connectivity index (χ2n) is 4.51. The van der Waals surface area contributed by atoms with Crippen molar-refractivity contribution in [2.75, 3.05) is 20.8 Å². The first-order chi connectivity index (χ1) is 10.5. The number of rotatable bonds is 9. The fourth-order valence-electron chi connectivity index (χ4n) is 2.39. The number of esters is 1. The highest BCUT2D eigenvalue weighted by Crippen LogP contribution is 2.66. The number of hydrogen-bond acceptors (Lipinski definition) is 6. The molecular formula is C15H21O6P. The van der Waals surface area contributed by atoms with Crippen molar-refractivity contribution in [3.05, 3.63) is 35.9 Å². The van der Waals surface area contributed by atoms with Crippen LogP contribution in [0.3, 0.4) is 0 Å². The van der Waals surface area contributed by atoms with Gasteiger partial charge >= 0.3 is 13.6 Å². The third kappa shape index (κ3) is 3.29. The molecule has 1 rings (SSSR count). The van der Waals surface area contributed by atoms with Gasteiger partial charge in [-0.15, -0.1) is 0 Å². The van der Waals surface area contributed by atoms with Crippen LogP contribution in [0.2, 0.25) is 0 Å². The lowest BCUT2D eigenvalue weighted by atomic mass is 9.93. The molecule has 0 N–H and O–H groups in total. The summed E-state index contributed by atoms with van der Waals surface area (Å²) in [5.41, 5.74) is 0.433. The maximum atomic E-state index is 13.1. The van der Waals surface area contributed by atoms with Crippen LogP contribution in [0.4, 0.5) is 0 Å². The molecule has 1 aromatic carbocycles. The van der Waals surface area contributed by atoms with Crippen LogP contribution >= 0.6 is 7.60 Å². The van der Waals surface area contributed by atoms with Crippen molar-refractivity contribution in [2.45, 2.75) is 24.9 Å². The monoisotopic (exact) mass is 328 g/mol. The summed E-state index contributed by atoms with van der Waals surface area (Å²) in [4.78, 5) is 23.5. The minimum Gasteiger partial charge on any atom is -0.465 e. The number of carbonyl (C=O) groups is 2. The van der Waals surface area contributed by atoms with Crippen LogP contribution in [0, 0.1) is 0 Å². The second-order valence-corrected chi connectivity index (χ2v) is 7.00. The first-order valence-electron chi connectivity index (χ1n) is 6.90. The van der Waals surface area contributed by atoms with Crippen LogP contribution < -0.4 is 0 Å². The minimum absolute atomic E-state index is 0.0183. The number of benzene rings is 1. The summed E-state index contributed by atoms with van der Waals surface area (Å²) in [6, 6.07) is 8.47. The van der Waals surface area contributed by atoms with Crippen LogP contribution in [-0.4, -0.2) is 33.1 Å². The van der Waals surface area contributed by atoms with E-state index < -0.39 is 18.7 Å².